The van der Waals surface area contributed by atoms with Gasteiger partial charge in [-0.3, -0.25) is 19.6 Å². The number of amides is 1. The Morgan fingerprint density at radius 2 is 1.82 bits per heavy atom. The average molecular weight is 571 g/mol. The van der Waals surface area contributed by atoms with Crippen molar-refractivity contribution in [3.63, 3.8) is 0 Å². The third-order valence-corrected chi connectivity index (χ3v) is 9.08. The first kappa shape index (κ1) is 24.7. The van der Waals surface area contributed by atoms with Crippen molar-refractivity contribution in [2.24, 2.45) is 5.41 Å². The van der Waals surface area contributed by atoms with Gasteiger partial charge in [0, 0.05) is 45.5 Å². The van der Waals surface area contributed by atoms with Gasteiger partial charge < -0.3 is 10.4 Å². The normalized spacial score (nSPS) is 24.3. The van der Waals surface area contributed by atoms with Crippen molar-refractivity contribution in [1.82, 2.24) is 20.3 Å². The molecule has 2 N–H and O–H groups in total. The lowest BCUT2D eigenvalue weighted by Crippen LogP contribution is -2.62. The summed E-state index contributed by atoms with van der Waals surface area (Å²) in [5.41, 5.74) is 3.17. The zero-order chi connectivity index (χ0) is 26.5. The van der Waals surface area contributed by atoms with Crippen molar-refractivity contribution >= 4 is 38.7 Å². The first-order valence-corrected chi connectivity index (χ1v) is 13.6. The fraction of sp³-hybridized carbons (Fsp3) is 0.300. The minimum absolute atomic E-state index is 0.177. The minimum atomic E-state index is -0.792. The van der Waals surface area contributed by atoms with Crippen LogP contribution in [0.3, 0.4) is 0 Å². The maximum absolute atomic E-state index is 14.3. The predicted molar refractivity (Wildman–Crippen MR) is 148 cm³/mol. The highest BCUT2D eigenvalue weighted by Crippen LogP contribution is 2.58. The largest absolute Gasteiger partial charge is 0.481 e. The van der Waals surface area contributed by atoms with Gasteiger partial charge in [-0.2, -0.15) is 0 Å². The highest BCUT2D eigenvalue weighted by molar-refractivity contribution is 9.10. The van der Waals surface area contributed by atoms with Crippen molar-refractivity contribution in [3.8, 4) is 11.3 Å². The lowest BCUT2D eigenvalue weighted by atomic mass is 9.52. The van der Waals surface area contributed by atoms with Crippen LogP contribution in [0.4, 0.5) is 0 Å². The number of carbonyl (C=O) groups excluding carboxylic acids is 1. The van der Waals surface area contributed by atoms with Crippen LogP contribution in [0.15, 0.2) is 71.6 Å². The molecule has 2 heterocycles. The lowest BCUT2D eigenvalue weighted by Gasteiger charge is -2.56. The molecule has 192 valence electrons. The fourth-order valence-corrected chi connectivity index (χ4v) is 6.85. The van der Waals surface area contributed by atoms with E-state index in [1.807, 2.05) is 55.5 Å². The van der Waals surface area contributed by atoms with Gasteiger partial charge >= 0.3 is 5.97 Å². The summed E-state index contributed by atoms with van der Waals surface area (Å²) in [6, 6.07) is 15.7. The number of rotatable bonds is 5. The Morgan fingerprint density at radius 3 is 2.50 bits per heavy atom. The summed E-state index contributed by atoms with van der Waals surface area (Å²) in [4.78, 5) is 40.4. The zero-order valence-electron chi connectivity index (χ0n) is 20.9. The number of fused-ring (bicyclic) bond motifs is 4. The van der Waals surface area contributed by atoms with E-state index in [0.717, 1.165) is 37.9 Å². The van der Waals surface area contributed by atoms with E-state index in [9.17, 15) is 14.7 Å². The van der Waals surface area contributed by atoms with Crippen molar-refractivity contribution < 1.29 is 14.7 Å². The van der Waals surface area contributed by atoms with E-state index in [-0.39, 0.29) is 11.8 Å². The topological polar surface area (TPSA) is 105 Å². The summed E-state index contributed by atoms with van der Waals surface area (Å²) in [5, 5.41) is 14.3. The molecule has 4 aromatic rings. The van der Waals surface area contributed by atoms with Crippen LogP contribution in [-0.2, 0) is 4.79 Å². The molecule has 7 rings (SSSR count). The molecule has 1 atom stereocenters. The molecule has 0 saturated heterocycles. The second kappa shape index (κ2) is 9.27. The summed E-state index contributed by atoms with van der Waals surface area (Å²) < 4.78 is 0.866. The van der Waals surface area contributed by atoms with Crippen LogP contribution in [0.5, 0.6) is 0 Å². The Bertz CT molecular complexity index is 1550. The van der Waals surface area contributed by atoms with Gasteiger partial charge in [0.15, 0.2) is 0 Å². The van der Waals surface area contributed by atoms with Crippen LogP contribution >= 0.6 is 15.9 Å². The van der Waals surface area contributed by atoms with E-state index >= 15 is 0 Å². The SMILES string of the molecule is Cc1c(-c2ccccc2)nc2ccc(Br)cc2c1C(=O)NC12CCC(C(=O)O)(CC1)C[C@H]2c1cnccn1. The van der Waals surface area contributed by atoms with Crippen LogP contribution in [0.2, 0.25) is 0 Å². The Morgan fingerprint density at radius 1 is 1.05 bits per heavy atom. The monoisotopic (exact) mass is 570 g/mol. The van der Waals surface area contributed by atoms with Gasteiger partial charge in [0.2, 0.25) is 0 Å². The highest BCUT2D eigenvalue weighted by Gasteiger charge is 2.59. The zero-order valence-corrected chi connectivity index (χ0v) is 22.5. The van der Waals surface area contributed by atoms with Crippen LogP contribution < -0.4 is 5.32 Å². The quantitative estimate of drug-likeness (QED) is 0.302. The molecular formula is C30H27BrN4O3. The first-order chi connectivity index (χ1) is 18.3. The number of hydrogen-bond acceptors (Lipinski definition) is 5. The third-order valence-electron chi connectivity index (χ3n) is 8.58. The summed E-state index contributed by atoms with van der Waals surface area (Å²) >= 11 is 3.56. The number of carboxylic acids is 1. The van der Waals surface area contributed by atoms with E-state index < -0.39 is 16.9 Å². The van der Waals surface area contributed by atoms with Crippen LogP contribution in [-0.4, -0.2) is 37.5 Å². The smallest absolute Gasteiger partial charge is 0.309 e. The van der Waals surface area contributed by atoms with Crippen molar-refractivity contribution in [2.75, 3.05) is 0 Å². The molecule has 38 heavy (non-hydrogen) atoms. The number of aromatic nitrogens is 3. The molecule has 8 heteroatoms. The van der Waals surface area contributed by atoms with Crippen LogP contribution in [0.25, 0.3) is 22.2 Å². The maximum Gasteiger partial charge on any atom is 0.309 e. The molecule has 0 radical (unpaired) electrons. The molecule has 2 aromatic heterocycles. The number of carbonyl (C=O) groups is 2. The number of halogens is 1. The standard InChI is InChI=1S/C30H27BrN4O3/c1-18-25(21-15-20(31)7-8-23(21)34-26(18)19-5-3-2-4-6-19)27(36)35-30-11-9-29(10-12-30,28(37)38)16-22(30)24-17-32-13-14-33-24/h2-8,13-15,17,22H,9-12,16H2,1H3,(H,35,36)(H,37,38)/t22-,29?,30?/m0/s1. The Labute approximate surface area is 228 Å². The molecular weight excluding hydrogens is 544 g/mol. The number of benzene rings is 2. The molecule has 0 aliphatic heterocycles. The Hall–Kier alpha value is -3.65. The maximum atomic E-state index is 14.3. The van der Waals surface area contributed by atoms with Gasteiger partial charge in [-0.05, 0) is 62.8 Å². The van der Waals surface area contributed by atoms with Gasteiger partial charge in [0.05, 0.1) is 27.9 Å². The molecule has 3 fully saturated rings. The molecule has 1 amide bonds. The third kappa shape index (κ3) is 3.98. The average Bonchev–Trinajstić information content (AvgIpc) is 2.94. The van der Waals surface area contributed by atoms with Gasteiger partial charge in [-0.1, -0.05) is 46.3 Å². The molecule has 2 bridgehead atoms. The molecule has 2 aromatic carbocycles. The minimum Gasteiger partial charge on any atom is -0.481 e. The Kier molecular flexibility index (Phi) is 6.02. The van der Waals surface area contributed by atoms with E-state index in [1.165, 1.54) is 0 Å². The number of hydrogen-bond donors (Lipinski definition) is 2. The summed E-state index contributed by atoms with van der Waals surface area (Å²) in [6.45, 7) is 1.94. The first-order valence-electron chi connectivity index (χ1n) is 12.8. The number of carboxylic acid groups (broad SMARTS) is 1. The fourth-order valence-electron chi connectivity index (χ4n) is 6.49. The van der Waals surface area contributed by atoms with Crippen molar-refractivity contribution in [1.29, 1.82) is 0 Å². The second-order valence-electron chi connectivity index (χ2n) is 10.6. The molecule has 0 spiro atoms. The second-order valence-corrected chi connectivity index (χ2v) is 11.5. The lowest BCUT2D eigenvalue weighted by molar-refractivity contribution is -0.157. The van der Waals surface area contributed by atoms with Crippen LogP contribution in [0, 0.1) is 12.3 Å². The summed E-state index contributed by atoms with van der Waals surface area (Å²) in [7, 11) is 0. The predicted octanol–water partition coefficient (Wildman–Crippen LogP) is 6.06. The van der Waals surface area contributed by atoms with E-state index in [4.69, 9.17) is 4.98 Å². The van der Waals surface area contributed by atoms with E-state index in [1.54, 1.807) is 18.6 Å². The number of nitrogens with zero attached hydrogens (tertiary/aromatic N) is 3. The van der Waals surface area contributed by atoms with Gasteiger partial charge in [-0.15, -0.1) is 0 Å². The Balaban J connectivity index is 1.46. The number of nitrogens with one attached hydrogen (secondary N) is 1. The van der Waals surface area contributed by atoms with Crippen molar-refractivity contribution in [2.45, 2.75) is 50.5 Å². The van der Waals surface area contributed by atoms with E-state index in [2.05, 4.69) is 31.2 Å². The molecule has 7 nitrogen and oxygen atoms in total. The summed E-state index contributed by atoms with van der Waals surface area (Å²) in [5.74, 6) is -1.18. The van der Waals surface area contributed by atoms with Gasteiger partial charge in [0.25, 0.3) is 5.91 Å². The van der Waals surface area contributed by atoms with Crippen molar-refractivity contribution in [3.05, 3.63) is 88.4 Å². The highest BCUT2D eigenvalue weighted by atomic mass is 79.9. The van der Waals surface area contributed by atoms with Crippen LogP contribution in [0.1, 0.15) is 59.6 Å². The molecule has 3 aliphatic carbocycles. The van der Waals surface area contributed by atoms with Gasteiger partial charge in [-0.25, -0.2) is 4.98 Å². The molecule has 0 unspecified atom stereocenters. The van der Waals surface area contributed by atoms with Gasteiger partial charge in [0.1, 0.15) is 0 Å². The summed E-state index contributed by atoms with van der Waals surface area (Å²) in [6.07, 6.45) is 7.56. The molecule has 3 saturated carbocycles. The number of aliphatic carboxylic acids is 1. The molecule has 3 aliphatic rings. The van der Waals surface area contributed by atoms with E-state index in [0.29, 0.717) is 37.7 Å². The number of pyridine rings is 1.